The van der Waals surface area contributed by atoms with Crippen LogP contribution in [0.1, 0.15) is 30.4 Å². The van der Waals surface area contributed by atoms with Gasteiger partial charge in [-0.2, -0.15) is 0 Å². The zero-order valence-corrected chi connectivity index (χ0v) is 16.1. The van der Waals surface area contributed by atoms with E-state index in [2.05, 4.69) is 9.97 Å². The van der Waals surface area contributed by atoms with Crippen molar-refractivity contribution in [2.75, 3.05) is 5.73 Å². The van der Waals surface area contributed by atoms with E-state index < -0.39 is 30.1 Å². The maximum Gasteiger partial charge on any atom is 0.164 e. The zero-order chi connectivity index (χ0) is 20.2. The highest BCUT2D eigenvalue weighted by Crippen LogP contribution is 2.44. The highest BCUT2D eigenvalue weighted by atomic mass is 35.5. The summed E-state index contributed by atoms with van der Waals surface area (Å²) in [4.78, 5) is 8.15. The number of rotatable bonds is 3. The van der Waals surface area contributed by atoms with Gasteiger partial charge in [0, 0.05) is 11.2 Å². The molecule has 2 aromatic heterocycles. The van der Waals surface area contributed by atoms with Gasteiger partial charge in [-0.3, -0.25) is 0 Å². The number of nitrogens with two attached hydrogens (primary N) is 1. The molecule has 0 aliphatic carbocycles. The molecule has 28 heavy (non-hydrogen) atoms. The number of aliphatic hydroxyl groups excluding tert-OH is 2. The Morgan fingerprint density at radius 1 is 1.32 bits per heavy atom. The molecule has 5 atom stereocenters. The van der Waals surface area contributed by atoms with Gasteiger partial charge in [-0.05, 0) is 43.2 Å². The molecule has 3 heterocycles. The first kappa shape index (κ1) is 19.1. The number of hydrogen-bond donors (Lipinski definition) is 4. The van der Waals surface area contributed by atoms with Crippen LogP contribution in [0.5, 0.6) is 0 Å². The Balaban J connectivity index is 1.72. The Kier molecular flexibility index (Phi) is 4.56. The van der Waals surface area contributed by atoms with E-state index in [9.17, 15) is 15.3 Å². The van der Waals surface area contributed by atoms with Crippen LogP contribution in [0, 0.1) is 6.92 Å². The SMILES string of the molecule is Cc1cc(Cl)ccc1C(O)[C@H]1O[C@@H](n2ccc3c(N)ncnc32)[C@H](O)[C@]1(C)O. The standard InChI is InChI=1S/C19H21ClN4O4/c1-9-7-10(20)3-4-11(9)13(25)15-19(2,27)14(26)18(28-15)24-6-5-12-16(21)22-8-23-17(12)24/h3-8,13-15,18,25-27H,1-2H3,(H2,21,22,23)/t13?,14-,15+,18+,19-/m0/s1. The molecule has 1 saturated heterocycles. The van der Waals surface area contributed by atoms with Gasteiger partial charge in [-0.25, -0.2) is 9.97 Å². The molecular formula is C19H21ClN4O4. The Labute approximate surface area is 166 Å². The van der Waals surface area contributed by atoms with Crippen molar-refractivity contribution in [2.24, 2.45) is 0 Å². The fourth-order valence-electron chi connectivity index (χ4n) is 3.76. The number of hydrogen-bond acceptors (Lipinski definition) is 7. The Hall–Kier alpha value is -2.23. The van der Waals surface area contributed by atoms with Crippen molar-refractivity contribution in [3.63, 3.8) is 0 Å². The average molecular weight is 405 g/mol. The summed E-state index contributed by atoms with van der Waals surface area (Å²) in [7, 11) is 0. The Morgan fingerprint density at radius 3 is 2.79 bits per heavy atom. The van der Waals surface area contributed by atoms with Crippen molar-refractivity contribution >= 4 is 28.5 Å². The van der Waals surface area contributed by atoms with Gasteiger partial charge in [0.25, 0.3) is 0 Å². The summed E-state index contributed by atoms with van der Waals surface area (Å²) in [5.41, 5.74) is 5.93. The van der Waals surface area contributed by atoms with Crippen molar-refractivity contribution < 1.29 is 20.1 Å². The second-order valence-electron chi connectivity index (χ2n) is 7.28. The van der Waals surface area contributed by atoms with Crippen LogP contribution in [0.2, 0.25) is 5.02 Å². The first-order valence-electron chi connectivity index (χ1n) is 8.79. The van der Waals surface area contributed by atoms with Gasteiger partial charge in [-0.15, -0.1) is 0 Å². The van der Waals surface area contributed by atoms with E-state index in [0.29, 0.717) is 27.4 Å². The molecule has 1 fully saturated rings. The zero-order valence-electron chi connectivity index (χ0n) is 15.3. The van der Waals surface area contributed by atoms with E-state index >= 15 is 0 Å². The smallest absolute Gasteiger partial charge is 0.164 e. The molecule has 8 nitrogen and oxygen atoms in total. The van der Waals surface area contributed by atoms with E-state index in [0.717, 1.165) is 5.56 Å². The van der Waals surface area contributed by atoms with Gasteiger partial charge in [0.1, 0.15) is 41.7 Å². The molecule has 4 rings (SSSR count). The fraction of sp³-hybridized carbons (Fsp3) is 0.368. The number of aliphatic hydroxyl groups is 3. The number of ether oxygens (including phenoxy) is 1. The molecule has 148 valence electrons. The first-order chi connectivity index (χ1) is 13.2. The summed E-state index contributed by atoms with van der Waals surface area (Å²) in [6, 6.07) is 6.77. The molecule has 0 spiro atoms. The molecule has 0 saturated carbocycles. The lowest BCUT2D eigenvalue weighted by Crippen LogP contribution is -2.47. The molecule has 1 aliphatic rings. The molecular weight excluding hydrogens is 384 g/mol. The van der Waals surface area contributed by atoms with Crippen LogP contribution >= 0.6 is 11.6 Å². The average Bonchev–Trinajstić information content (AvgIpc) is 3.15. The summed E-state index contributed by atoms with van der Waals surface area (Å²) >= 11 is 5.99. The highest BCUT2D eigenvalue weighted by molar-refractivity contribution is 6.30. The third-order valence-corrected chi connectivity index (χ3v) is 5.62. The van der Waals surface area contributed by atoms with Gasteiger partial charge in [0.2, 0.25) is 0 Å². The maximum absolute atomic E-state index is 11.0. The number of aryl methyl sites for hydroxylation is 1. The lowest BCUT2D eigenvalue weighted by molar-refractivity contribution is -0.115. The monoisotopic (exact) mass is 404 g/mol. The summed E-state index contributed by atoms with van der Waals surface area (Å²) < 4.78 is 7.54. The molecule has 0 radical (unpaired) electrons. The quantitative estimate of drug-likeness (QED) is 0.523. The largest absolute Gasteiger partial charge is 0.386 e. The van der Waals surface area contributed by atoms with E-state index in [1.165, 1.54) is 13.3 Å². The van der Waals surface area contributed by atoms with Crippen LogP contribution in [0.3, 0.4) is 0 Å². The number of nitrogen functional groups attached to an aromatic ring is 1. The number of anilines is 1. The van der Waals surface area contributed by atoms with Gasteiger partial charge in [0.05, 0.1) is 5.39 Å². The van der Waals surface area contributed by atoms with Crippen LogP contribution in [-0.2, 0) is 4.74 Å². The molecule has 5 N–H and O–H groups in total. The Morgan fingerprint density at radius 2 is 2.07 bits per heavy atom. The third-order valence-electron chi connectivity index (χ3n) is 5.38. The van der Waals surface area contributed by atoms with Crippen LogP contribution in [0.4, 0.5) is 5.82 Å². The third kappa shape index (κ3) is 2.85. The lowest BCUT2D eigenvalue weighted by Gasteiger charge is -2.30. The minimum absolute atomic E-state index is 0.302. The van der Waals surface area contributed by atoms with Crippen molar-refractivity contribution in [2.45, 2.75) is 44.0 Å². The van der Waals surface area contributed by atoms with Crippen LogP contribution in [0.25, 0.3) is 11.0 Å². The second-order valence-corrected chi connectivity index (χ2v) is 7.72. The molecule has 1 aromatic carbocycles. The van der Waals surface area contributed by atoms with Crippen molar-refractivity contribution in [1.82, 2.24) is 14.5 Å². The molecule has 1 unspecified atom stereocenters. The second kappa shape index (κ2) is 6.68. The summed E-state index contributed by atoms with van der Waals surface area (Å²) in [6.45, 7) is 3.24. The molecule has 3 aromatic rings. The fourth-order valence-corrected chi connectivity index (χ4v) is 3.99. The Bertz CT molecular complexity index is 1040. The maximum atomic E-state index is 11.0. The van der Waals surface area contributed by atoms with E-state index in [1.54, 1.807) is 42.0 Å². The summed E-state index contributed by atoms with van der Waals surface area (Å²) in [5.74, 6) is 0.302. The number of halogens is 1. The van der Waals surface area contributed by atoms with E-state index in [1.807, 2.05) is 0 Å². The summed E-state index contributed by atoms with van der Waals surface area (Å²) in [5, 5.41) is 33.8. The predicted octanol–water partition coefficient (Wildman–Crippen LogP) is 1.72. The number of aromatic nitrogens is 3. The number of benzene rings is 1. The van der Waals surface area contributed by atoms with Gasteiger partial charge >= 0.3 is 0 Å². The van der Waals surface area contributed by atoms with E-state index in [-0.39, 0.29) is 0 Å². The molecule has 0 amide bonds. The van der Waals surface area contributed by atoms with Crippen molar-refractivity contribution in [1.29, 1.82) is 0 Å². The number of fused-ring (bicyclic) bond motifs is 1. The van der Waals surface area contributed by atoms with Crippen molar-refractivity contribution in [3.8, 4) is 0 Å². The predicted molar refractivity (Wildman–Crippen MR) is 104 cm³/mol. The molecule has 0 bridgehead atoms. The molecule has 1 aliphatic heterocycles. The minimum atomic E-state index is -1.72. The highest BCUT2D eigenvalue weighted by Gasteiger charge is 2.56. The number of nitrogens with zero attached hydrogens (tertiary/aromatic N) is 3. The van der Waals surface area contributed by atoms with Gasteiger partial charge in [0.15, 0.2) is 6.23 Å². The minimum Gasteiger partial charge on any atom is -0.386 e. The normalized spacial score (nSPS) is 28.7. The molecule has 9 heteroatoms. The van der Waals surface area contributed by atoms with Crippen LogP contribution in [-0.4, -0.2) is 47.7 Å². The van der Waals surface area contributed by atoms with Gasteiger partial charge in [-0.1, -0.05) is 17.7 Å². The topological polar surface area (TPSA) is 127 Å². The van der Waals surface area contributed by atoms with Crippen LogP contribution < -0.4 is 5.73 Å². The van der Waals surface area contributed by atoms with Crippen molar-refractivity contribution in [3.05, 3.63) is 52.9 Å². The lowest BCUT2D eigenvalue weighted by atomic mass is 9.87. The van der Waals surface area contributed by atoms with Gasteiger partial charge < -0.3 is 30.4 Å². The van der Waals surface area contributed by atoms with Crippen LogP contribution in [0.15, 0.2) is 36.8 Å². The van der Waals surface area contributed by atoms with E-state index in [4.69, 9.17) is 22.1 Å². The first-order valence-corrected chi connectivity index (χ1v) is 9.16. The summed E-state index contributed by atoms with van der Waals surface area (Å²) in [6.07, 6.45) is -1.56.